The van der Waals surface area contributed by atoms with Gasteiger partial charge in [0.25, 0.3) is 11.8 Å². The third kappa shape index (κ3) is 8.46. The van der Waals surface area contributed by atoms with Gasteiger partial charge >= 0.3 is 5.97 Å². The van der Waals surface area contributed by atoms with Crippen LogP contribution in [0, 0.1) is 14.9 Å². The standard InChI is InChI=1S/C28H23ClIN3O6/c1-3-38-24-14-17(12-19(15-31)27(35)33-22-8-4-18(5-9-22)28(36)37-2)13-23(30)26(24)39-16-25(34)32-21-10-6-20(29)7-11-21/h4-14H,3,16H2,1-2H3,(H,32,34)(H,33,35)/b19-12+. The zero-order valence-electron chi connectivity index (χ0n) is 20.9. The van der Waals surface area contributed by atoms with Crippen LogP contribution in [0.1, 0.15) is 22.8 Å². The molecule has 0 atom stereocenters. The number of nitrogens with one attached hydrogen (secondary N) is 2. The third-order valence-corrected chi connectivity index (χ3v) is 6.10. The maximum Gasteiger partial charge on any atom is 0.337 e. The lowest BCUT2D eigenvalue weighted by Crippen LogP contribution is -2.20. The van der Waals surface area contributed by atoms with Crippen molar-refractivity contribution in [3.05, 3.63) is 86.0 Å². The van der Waals surface area contributed by atoms with Crippen molar-refractivity contribution in [2.24, 2.45) is 0 Å². The molecule has 2 N–H and O–H groups in total. The molecule has 0 aliphatic rings. The summed E-state index contributed by atoms with van der Waals surface area (Å²) in [5.41, 5.74) is 1.68. The number of carbonyl (C=O) groups excluding carboxylic acids is 3. The minimum absolute atomic E-state index is 0.152. The van der Waals surface area contributed by atoms with E-state index in [2.05, 4.69) is 15.4 Å². The van der Waals surface area contributed by atoms with Gasteiger partial charge in [-0.05, 0) is 102 Å². The lowest BCUT2D eigenvalue weighted by atomic mass is 10.1. The topological polar surface area (TPSA) is 127 Å². The molecule has 2 amide bonds. The monoisotopic (exact) mass is 659 g/mol. The predicted molar refractivity (Wildman–Crippen MR) is 156 cm³/mol. The molecule has 0 aliphatic heterocycles. The lowest BCUT2D eigenvalue weighted by molar-refractivity contribution is -0.118. The van der Waals surface area contributed by atoms with Crippen molar-refractivity contribution >= 4 is 69.4 Å². The number of halogens is 2. The summed E-state index contributed by atoms with van der Waals surface area (Å²) in [6.07, 6.45) is 1.42. The fraction of sp³-hybridized carbons (Fsp3) is 0.143. The Balaban J connectivity index is 1.74. The van der Waals surface area contributed by atoms with Gasteiger partial charge in [-0.2, -0.15) is 5.26 Å². The zero-order valence-corrected chi connectivity index (χ0v) is 23.8. The van der Waals surface area contributed by atoms with E-state index >= 15 is 0 Å². The first kappa shape index (κ1) is 29.5. The molecule has 0 aliphatic carbocycles. The summed E-state index contributed by atoms with van der Waals surface area (Å²) in [7, 11) is 1.28. The van der Waals surface area contributed by atoms with Gasteiger partial charge in [0.15, 0.2) is 18.1 Å². The number of amides is 2. The highest BCUT2D eigenvalue weighted by molar-refractivity contribution is 14.1. The van der Waals surface area contributed by atoms with Gasteiger partial charge in [-0.25, -0.2) is 4.79 Å². The number of methoxy groups -OCH3 is 1. The molecule has 0 heterocycles. The molecule has 3 aromatic rings. The van der Waals surface area contributed by atoms with Crippen LogP contribution in [-0.2, 0) is 14.3 Å². The van der Waals surface area contributed by atoms with Crippen molar-refractivity contribution in [1.29, 1.82) is 5.26 Å². The first-order chi connectivity index (χ1) is 18.7. The SMILES string of the molecule is CCOc1cc(/C=C(\C#N)C(=O)Nc2ccc(C(=O)OC)cc2)cc(I)c1OCC(=O)Nc1ccc(Cl)cc1. The van der Waals surface area contributed by atoms with Crippen molar-refractivity contribution in [2.75, 3.05) is 31.0 Å². The molecule has 0 radical (unpaired) electrons. The smallest absolute Gasteiger partial charge is 0.337 e. The number of nitriles is 1. The molecular weight excluding hydrogens is 637 g/mol. The number of benzene rings is 3. The van der Waals surface area contributed by atoms with Gasteiger partial charge in [0.05, 0.1) is 22.9 Å². The molecule has 11 heteroatoms. The van der Waals surface area contributed by atoms with Crippen molar-refractivity contribution in [3.63, 3.8) is 0 Å². The molecule has 0 fully saturated rings. The highest BCUT2D eigenvalue weighted by Crippen LogP contribution is 2.35. The Morgan fingerprint density at radius 3 is 2.26 bits per heavy atom. The van der Waals surface area contributed by atoms with Crippen LogP contribution in [0.25, 0.3) is 6.08 Å². The van der Waals surface area contributed by atoms with Crippen LogP contribution in [0.4, 0.5) is 11.4 Å². The van der Waals surface area contributed by atoms with E-state index in [1.165, 1.54) is 37.5 Å². The highest BCUT2D eigenvalue weighted by Gasteiger charge is 2.16. The highest BCUT2D eigenvalue weighted by atomic mass is 127. The molecule has 9 nitrogen and oxygen atoms in total. The number of anilines is 2. The number of hydrogen-bond donors (Lipinski definition) is 2. The maximum absolute atomic E-state index is 12.7. The van der Waals surface area contributed by atoms with Gasteiger partial charge in [0.2, 0.25) is 0 Å². The van der Waals surface area contributed by atoms with Crippen molar-refractivity contribution in [3.8, 4) is 17.6 Å². The van der Waals surface area contributed by atoms with E-state index in [-0.39, 0.29) is 18.1 Å². The quantitative estimate of drug-likeness (QED) is 0.124. The summed E-state index contributed by atoms with van der Waals surface area (Å²) in [6.45, 7) is 1.85. The summed E-state index contributed by atoms with van der Waals surface area (Å²) in [5, 5.41) is 15.5. The van der Waals surface area contributed by atoms with E-state index in [1.54, 1.807) is 43.3 Å². The molecule has 0 saturated carbocycles. The molecular formula is C28H23ClIN3O6. The Kier molecular flexibility index (Phi) is 10.7. The summed E-state index contributed by atoms with van der Waals surface area (Å²) >= 11 is 7.90. The number of carbonyl (C=O) groups is 3. The Bertz CT molecular complexity index is 1430. The number of hydrogen-bond acceptors (Lipinski definition) is 7. The molecule has 0 bridgehead atoms. The second-order valence-corrected chi connectivity index (χ2v) is 9.40. The normalized spacial score (nSPS) is 10.7. The maximum atomic E-state index is 12.7. The van der Waals surface area contributed by atoms with Crippen molar-refractivity contribution < 1.29 is 28.6 Å². The van der Waals surface area contributed by atoms with E-state index in [0.717, 1.165) is 0 Å². The molecule has 3 aromatic carbocycles. The van der Waals surface area contributed by atoms with Gasteiger partial charge in [0, 0.05) is 16.4 Å². The van der Waals surface area contributed by atoms with Crippen LogP contribution < -0.4 is 20.1 Å². The van der Waals surface area contributed by atoms with Gasteiger partial charge in [-0.1, -0.05) is 11.6 Å². The first-order valence-electron chi connectivity index (χ1n) is 11.5. The molecule has 200 valence electrons. The number of ether oxygens (including phenoxy) is 3. The van der Waals surface area contributed by atoms with E-state index in [4.69, 9.17) is 21.1 Å². The fourth-order valence-corrected chi connectivity index (χ4v) is 4.17. The van der Waals surface area contributed by atoms with E-state index in [0.29, 0.717) is 49.2 Å². The molecule has 0 saturated heterocycles. The largest absolute Gasteiger partial charge is 0.490 e. The average Bonchev–Trinajstić information content (AvgIpc) is 2.92. The van der Waals surface area contributed by atoms with Crippen LogP contribution in [0.2, 0.25) is 5.02 Å². The minimum Gasteiger partial charge on any atom is -0.490 e. The van der Waals surface area contributed by atoms with Crippen LogP contribution in [0.15, 0.2) is 66.2 Å². The molecule has 0 unspecified atom stereocenters. The predicted octanol–water partition coefficient (Wildman–Crippen LogP) is 5.69. The van der Waals surface area contributed by atoms with Crippen molar-refractivity contribution in [1.82, 2.24) is 0 Å². The summed E-state index contributed by atoms with van der Waals surface area (Å²) in [6, 6.07) is 18.0. The Hall–Kier alpha value is -4.08. The van der Waals surface area contributed by atoms with Crippen molar-refractivity contribution in [2.45, 2.75) is 6.92 Å². The Morgan fingerprint density at radius 1 is 1.00 bits per heavy atom. The second-order valence-electron chi connectivity index (χ2n) is 7.80. The Morgan fingerprint density at radius 2 is 1.64 bits per heavy atom. The number of nitrogens with zero attached hydrogens (tertiary/aromatic N) is 1. The van der Waals surface area contributed by atoms with Crippen LogP contribution in [0.5, 0.6) is 11.5 Å². The molecule has 39 heavy (non-hydrogen) atoms. The minimum atomic E-state index is -0.629. The van der Waals surface area contributed by atoms with Gasteiger partial charge < -0.3 is 24.8 Å². The second kappa shape index (κ2) is 14.2. The summed E-state index contributed by atoms with van der Waals surface area (Å²) < 4.78 is 16.7. The van der Waals surface area contributed by atoms with Crippen LogP contribution in [-0.4, -0.2) is 38.1 Å². The average molecular weight is 660 g/mol. The molecule has 0 aromatic heterocycles. The third-order valence-electron chi connectivity index (χ3n) is 5.05. The van der Waals surface area contributed by atoms with Gasteiger partial charge in [-0.3, -0.25) is 9.59 Å². The summed E-state index contributed by atoms with van der Waals surface area (Å²) in [5.74, 6) is -0.793. The Labute approximate surface area is 243 Å². The fourth-order valence-electron chi connectivity index (χ4n) is 3.26. The van der Waals surface area contributed by atoms with Crippen LogP contribution in [0.3, 0.4) is 0 Å². The number of rotatable bonds is 10. The van der Waals surface area contributed by atoms with Gasteiger partial charge in [0.1, 0.15) is 11.6 Å². The summed E-state index contributed by atoms with van der Waals surface area (Å²) in [4.78, 5) is 36.7. The van der Waals surface area contributed by atoms with Crippen LogP contribution >= 0.6 is 34.2 Å². The van der Waals surface area contributed by atoms with E-state index < -0.39 is 11.9 Å². The van der Waals surface area contributed by atoms with E-state index in [9.17, 15) is 19.6 Å². The first-order valence-corrected chi connectivity index (χ1v) is 13.0. The molecule has 3 rings (SSSR count). The molecule has 0 spiro atoms. The zero-order chi connectivity index (χ0) is 28.4. The number of esters is 1. The van der Waals surface area contributed by atoms with Gasteiger partial charge in [-0.15, -0.1) is 0 Å². The lowest BCUT2D eigenvalue weighted by Gasteiger charge is -2.15. The van der Waals surface area contributed by atoms with E-state index in [1.807, 2.05) is 28.7 Å².